The van der Waals surface area contributed by atoms with E-state index in [0.29, 0.717) is 5.56 Å². The Kier molecular flexibility index (Phi) is 5.14. The van der Waals surface area contributed by atoms with Crippen molar-refractivity contribution in [2.45, 2.75) is 45.9 Å². The maximum absolute atomic E-state index is 9.27. The molecule has 2 atom stereocenters. The number of aliphatic hydroxyl groups is 1. The molecule has 2 N–H and O–H groups in total. The molecule has 0 aliphatic heterocycles. The summed E-state index contributed by atoms with van der Waals surface area (Å²) < 4.78 is 0. The van der Waals surface area contributed by atoms with E-state index in [0.717, 1.165) is 18.5 Å². The quantitative estimate of drug-likeness (QED) is 0.817. The zero-order chi connectivity index (χ0) is 12.8. The van der Waals surface area contributed by atoms with E-state index in [9.17, 15) is 5.11 Å². The first-order valence-corrected chi connectivity index (χ1v) is 5.94. The number of nitriles is 1. The van der Waals surface area contributed by atoms with Gasteiger partial charge in [0.1, 0.15) is 0 Å². The van der Waals surface area contributed by atoms with Crippen molar-refractivity contribution in [1.82, 2.24) is 5.32 Å². The second kappa shape index (κ2) is 6.39. The standard InChI is InChI=1S/C14H20N2O/c1-10-6-13(8-15)4-5-14(10)9-16-11(2)7-12(3)17/h4-6,11-12,16-17H,7,9H2,1-3H3. The number of benzene rings is 1. The molecule has 0 radical (unpaired) electrons. The van der Waals surface area contributed by atoms with E-state index in [4.69, 9.17) is 5.26 Å². The fourth-order valence-electron chi connectivity index (χ4n) is 1.84. The van der Waals surface area contributed by atoms with E-state index in [1.807, 2.05) is 25.1 Å². The monoisotopic (exact) mass is 232 g/mol. The van der Waals surface area contributed by atoms with Crippen molar-refractivity contribution in [2.24, 2.45) is 0 Å². The van der Waals surface area contributed by atoms with Gasteiger partial charge in [0.15, 0.2) is 0 Å². The molecule has 0 aromatic heterocycles. The smallest absolute Gasteiger partial charge is 0.0991 e. The van der Waals surface area contributed by atoms with Crippen LogP contribution in [0.25, 0.3) is 0 Å². The van der Waals surface area contributed by atoms with Crippen LogP contribution in [0.3, 0.4) is 0 Å². The fourth-order valence-corrected chi connectivity index (χ4v) is 1.84. The van der Waals surface area contributed by atoms with Crippen molar-refractivity contribution >= 4 is 0 Å². The maximum Gasteiger partial charge on any atom is 0.0991 e. The Bertz CT molecular complexity index is 407. The Morgan fingerprint density at radius 2 is 2.12 bits per heavy atom. The molecule has 0 heterocycles. The highest BCUT2D eigenvalue weighted by Gasteiger charge is 2.06. The molecule has 1 aromatic rings. The minimum absolute atomic E-state index is 0.278. The highest BCUT2D eigenvalue weighted by molar-refractivity contribution is 5.37. The molecule has 2 unspecified atom stereocenters. The van der Waals surface area contributed by atoms with Gasteiger partial charge < -0.3 is 10.4 Å². The summed E-state index contributed by atoms with van der Waals surface area (Å²) in [6.07, 6.45) is 0.467. The third kappa shape index (κ3) is 4.56. The van der Waals surface area contributed by atoms with Crippen LogP contribution in [-0.2, 0) is 6.54 Å². The molecule has 0 saturated carbocycles. The molecule has 1 rings (SSSR count). The van der Waals surface area contributed by atoms with Crippen molar-refractivity contribution in [3.8, 4) is 6.07 Å². The largest absolute Gasteiger partial charge is 0.393 e. The number of rotatable bonds is 5. The summed E-state index contributed by atoms with van der Waals surface area (Å²) in [5.41, 5.74) is 3.02. The molecule has 0 amide bonds. The zero-order valence-corrected chi connectivity index (χ0v) is 10.7. The van der Waals surface area contributed by atoms with E-state index in [1.54, 1.807) is 6.92 Å². The Morgan fingerprint density at radius 3 is 2.65 bits per heavy atom. The lowest BCUT2D eigenvalue weighted by Gasteiger charge is -2.16. The molecule has 0 saturated heterocycles. The van der Waals surface area contributed by atoms with Crippen molar-refractivity contribution in [3.63, 3.8) is 0 Å². The maximum atomic E-state index is 9.27. The van der Waals surface area contributed by atoms with Gasteiger partial charge in [-0.05, 0) is 50.5 Å². The Labute approximate surface area is 103 Å². The van der Waals surface area contributed by atoms with Crippen LogP contribution < -0.4 is 5.32 Å². The van der Waals surface area contributed by atoms with Crippen molar-refractivity contribution < 1.29 is 5.11 Å². The van der Waals surface area contributed by atoms with E-state index in [-0.39, 0.29) is 12.1 Å². The number of aliphatic hydroxyl groups excluding tert-OH is 1. The van der Waals surface area contributed by atoms with Crippen molar-refractivity contribution in [2.75, 3.05) is 0 Å². The molecule has 0 aliphatic carbocycles. The summed E-state index contributed by atoms with van der Waals surface area (Å²) in [5, 5.41) is 21.4. The minimum atomic E-state index is -0.278. The molecule has 0 aliphatic rings. The van der Waals surface area contributed by atoms with Crippen LogP contribution in [-0.4, -0.2) is 17.3 Å². The van der Waals surface area contributed by atoms with Gasteiger partial charge in [0, 0.05) is 12.6 Å². The fraction of sp³-hybridized carbons (Fsp3) is 0.500. The Balaban J connectivity index is 2.55. The highest BCUT2D eigenvalue weighted by atomic mass is 16.3. The number of hydrogen-bond donors (Lipinski definition) is 2. The Hall–Kier alpha value is -1.37. The van der Waals surface area contributed by atoms with Gasteiger partial charge in [0.05, 0.1) is 17.7 Å². The summed E-state index contributed by atoms with van der Waals surface area (Å²) in [6.45, 7) is 6.64. The summed E-state index contributed by atoms with van der Waals surface area (Å²) in [4.78, 5) is 0. The first-order chi connectivity index (χ1) is 8.02. The number of aryl methyl sites for hydroxylation is 1. The van der Waals surface area contributed by atoms with Crippen LogP contribution in [0.5, 0.6) is 0 Å². The summed E-state index contributed by atoms with van der Waals surface area (Å²) >= 11 is 0. The van der Waals surface area contributed by atoms with Crippen molar-refractivity contribution in [3.05, 3.63) is 34.9 Å². The third-order valence-corrected chi connectivity index (χ3v) is 2.81. The first kappa shape index (κ1) is 13.7. The van der Waals surface area contributed by atoms with E-state index >= 15 is 0 Å². The van der Waals surface area contributed by atoms with Gasteiger partial charge in [-0.15, -0.1) is 0 Å². The molecule has 17 heavy (non-hydrogen) atoms. The van der Waals surface area contributed by atoms with Gasteiger partial charge in [-0.1, -0.05) is 6.07 Å². The van der Waals surface area contributed by atoms with Crippen LogP contribution in [0.1, 0.15) is 37.0 Å². The molecule has 1 aromatic carbocycles. The van der Waals surface area contributed by atoms with Gasteiger partial charge in [-0.3, -0.25) is 0 Å². The number of hydrogen-bond acceptors (Lipinski definition) is 3. The second-order valence-electron chi connectivity index (χ2n) is 4.62. The minimum Gasteiger partial charge on any atom is -0.393 e. The summed E-state index contributed by atoms with van der Waals surface area (Å²) in [5.74, 6) is 0. The number of nitrogens with zero attached hydrogens (tertiary/aromatic N) is 1. The average molecular weight is 232 g/mol. The van der Waals surface area contributed by atoms with Crippen LogP contribution >= 0.6 is 0 Å². The molecular formula is C14H20N2O. The van der Waals surface area contributed by atoms with Crippen LogP contribution in [0.15, 0.2) is 18.2 Å². The van der Waals surface area contributed by atoms with E-state index in [2.05, 4.69) is 18.3 Å². The molecule has 92 valence electrons. The zero-order valence-electron chi connectivity index (χ0n) is 10.7. The first-order valence-electron chi connectivity index (χ1n) is 5.94. The van der Waals surface area contributed by atoms with Gasteiger partial charge in [-0.25, -0.2) is 0 Å². The van der Waals surface area contributed by atoms with Gasteiger partial charge in [-0.2, -0.15) is 5.26 Å². The van der Waals surface area contributed by atoms with Crippen LogP contribution in [0.4, 0.5) is 0 Å². The summed E-state index contributed by atoms with van der Waals surface area (Å²) in [7, 11) is 0. The third-order valence-electron chi connectivity index (χ3n) is 2.81. The second-order valence-corrected chi connectivity index (χ2v) is 4.62. The normalized spacial score (nSPS) is 14.1. The SMILES string of the molecule is Cc1cc(C#N)ccc1CNC(C)CC(C)O. The van der Waals surface area contributed by atoms with Gasteiger partial charge in [0.2, 0.25) is 0 Å². The molecular weight excluding hydrogens is 212 g/mol. The lowest BCUT2D eigenvalue weighted by molar-refractivity contribution is 0.170. The predicted octanol–water partition coefficient (Wildman–Crippen LogP) is 2.12. The molecule has 3 heteroatoms. The summed E-state index contributed by atoms with van der Waals surface area (Å²) in [6, 6.07) is 8.13. The average Bonchev–Trinajstić information content (AvgIpc) is 2.26. The molecule has 0 fully saturated rings. The number of nitrogens with one attached hydrogen (secondary N) is 1. The van der Waals surface area contributed by atoms with Crippen molar-refractivity contribution in [1.29, 1.82) is 5.26 Å². The van der Waals surface area contributed by atoms with E-state index in [1.165, 1.54) is 5.56 Å². The van der Waals surface area contributed by atoms with Crippen LogP contribution in [0, 0.1) is 18.3 Å². The lowest BCUT2D eigenvalue weighted by atomic mass is 10.0. The predicted molar refractivity (Wildman–Crippen MR) is 68.5 cm³/mol. The molecule has 0 spiro atoms. The van der Waals surface area contributed by atoms with E-state index < -0.39 is 0 Å². The molecule has 3 nitrogen and oxygen atoms in total. The Morgan fingerprint density at radius 1 is 1.41 bits per heavy atom. The van der Waals surface area contributed by atoms with Gasteiger partial charge >= 0.3 is 0 Å². The van der Waals surface area contributed by atoms with Gasteiger partial charge in [0.25, 0.3) is 0 Å². The highest BCUT2D eigenvalue weighted by Crippen LogP contribution is 2.11. The topological polar surface area (TPSA) is 56.0 Å². The lowest BCUT2D eigenvalue weighted by Crippen LogP contribution is -2.28. The molecule has 0 bridgehead atoms. The van der Waals surface area contributed by atoms with Crippen LogP contribution in [0.2, 0.25) is 0 Å².